The molecule has 1 heterocycles. The van der Waals surface area contributed by atoms with Crippen molar-refractivity contribution in [1.29, 1.82) is 0 Å². The minimum Gasteiger partial charge on any atom is -0.420 e. The number of rotatable bonds is 5. The lowest BCUT2D eigenvalue weighted by Crippen LogP contribution is -2.63. The van der Waals surface area contributed by atoms with Crippen LogP contribution < -0.4 is 0 Å². The van der Waals surface area contributed by atoms with Crippen LogP contribution in [0.4, 0.5) is 39.5 Å². The van der Waals surface area contributed by atoms with Crippen molar-refractivity contribution in [3.8, 4) is 0 Å². The van der Waals surface area contributed by atoms with Crippen LogP contribution in [0.3, 0.4) is 0 Å². The molecule has 2 unspecified atom stereocenters. The highest BCUT2D eigenvalue weighted by Crippen LogP contribution is 2.55. The molecule has 132 valence electrons. The number of hydrogen-bond acceptors (Lipinski definition) is 1. The molecule has 1 fully saturated rings. The first-order valence-electron chi connectivity index (χ1n) is 6.57. The van der Waals surface area contributed by atoms with Crippen LogP contribution in [0, 0.1) is 5.92 Å². The summed E-state index contributed by atoms with van der Waals surface area (Å²) in [6.07, 6.45) is -5.45. The first-order valence-corrected chi connectivity index (χ1v) is 8.67. The van der Waals surface area contributed by atoms with Gasteiger partial charge in [0.25, 0.3) is 0 Å². The largest absolute Gasteiger partial charge is 0.460 e. The fraction of sp³-hybridized carbons (Fsp3) is 1.00. The van der Waals surface area contributed by atoms with Gasteiger partial charge in [-0.2, -0.15) is 39.5 Å². The van der Waals surface area contributed by atoms with Crippen molar-refractivity contribution in [3.05, 3.63) is 0 Å². The Labute approximate surface area is 122 Å². The first kappa shape index (κ1) is 19.6. The zero-order valence-corrected chi connectivity index (χ0v) is 12.7. The molecule has 2 atom stereocenters. The zero-order chi connectivity index (χ0) is 17.4. The van der Waals surface area contributed by atoms with Gasteiger partial charge >= 0.3 is 23.9 Å². The summed E-state index contributed by atoms with van der Waals surface area (Å²) in [5, 5.41) is 0. The number of hydrogen-bond donors (Lipinski definition) is 0. The highest BCUT2D eigenvalue weighted by molar-refractivity contribution is 6.52. The highest BCUT2D eigenvalue weighted by atomic mass is 28.3. The topological polar surface area (TPSA) is 9.23 Å². The molecule has 0 aromatic rings. The Bertz CT molecular complexity index is 376. The molecule has 1 saturated heterocycles. The predicted octanol–water partition coefficient (Wildman–Crippen LogP) is 4.62. The molecule has 0 bridgehead atoms. The molecule has 0 N–H and O–H groups in total. The van der Waals surface area contributed by atoms with Gasteiger partial charge in [-0.3, -0.25) is 0 Å². The van der Waals surface area contributed by atoms with E-state index in [1.807, 2.05) is 0 Å². The highest BCUT2D eigenvalue weighted by Gasteiger charge is 2.82. The maximum absolute atomic E-state index is 13.6. The third-order valence-corrected chi connectivity index (χ3v) is 6.67. The number of alkyl halides is 9. The Morgan fingerprint density at radius 3 is 1.86 bits per heavy atom. The normalized spacial score (nSPS) is 23.5. The SMILES string of the molecule is CC(C[SiH]1CCCCO1)C(F)(F)C(F)(F)C(F)(F)C(F)(F)F. The minimum absolute atomic E-state index is 0.268. The molecular weight excluding hydrogens is 347 g/mol. The van der Waals surface area contributed by atoms with E-state index in [0.29, 0.717) is 25.8 Å². The van der Waals surface area contributed by atoms with Crippen molar-refractivity contribution in [3.63, 3.8) is 0 Å². The van der Waals surface area contributed by atoms with Crippen LogP contribution in [0.15, 0.2) is 0 Å². The summed E-state index contributed by atoms with van der Waals surface area (Å²) in [7, 11) is -2.29. The van der Waals surface area contributed by atoms with Gasteiger partial charge in [0.1, 0.15) is 0 Å². The van der Waals surface area contributed by atoms with E-state index in [9.17, 15) is 39.5 Å². The molecule has 0 amide bonds. The lowest BCUT2D eigenvalue weighted by Gasteiger charge is -2.37. The van der Waals surface area contributed by atoms with Crippen molar-refractivity contribution in [2.75, 3.05) is 6.61 Å². The standard InChI is InChI=1S/C11H15F9OSi/c1-7(6-22-5-3-2-4-21-22)8(12,13)9(14,15)10(16,17)11(18,19)20/h7,22H,2-6H2,1H3. The maximum atomic E-state index is 13.6. The van der Waals surface area contributed by atoms with E-state index >= 15 is 0 Å². The quantitative estimate of drug-likeness (QED) is 0.512. The lowest BCUT2D eigenvalue weighted by atomic mass is 9.94. The van der Waals surface area contributed by atoms with E-state index < -0.39 is 44.9 Å². The van der Waals surface area contributed by atoms with E-state index in [2.05, 4.69) is 0 Å². The lowest BCUT2D eigenvalue weighted by molar-refractivity contribution is -0.401. The van der Waals surface area contributed by atoms with Crippen LogP contribution in [-0.2, 0) is 4.43 Å². The summed E-state index contributed by atoms with van der Waals surface area (Å²) in [6, 6.07) is -0.182. The zero-order valence-electron chi connectivity index (χ0n) is 11.5. The van der Waals surface area contributed by atoms with Gasteiger partial charge in [0.15, 0.2) is 9.04 Å². The Morgan fingerprint density at radius 2 is 1.45 bits per heavy atom. The van der Waals surface area contributed by atoms with Crippen LogP contribution in [0.5, 0.6) is 0 Å². The molecule has 1 aliphatic rings. The summed E-state index contributed by atoms with van der Waals surface area (Å²) >= 11 is 0. The Hall–Kier alpha value is -0.453. The third kappa shape index (κ3) is 3.39. The Balaban J connectivity index is 2.94. The summed E-state index contributed by atoms with van der Waals surface area (Å²) in [5.41, 5.74) is 0. The van der Waals surface area contributed by atoms with Gasteiger partial charge in [0.05, 0.1) is 0 Å². The molecule has 1 nitrogen and oxygen atoms in total. The first-order chi connectivity index (χ1) is 9.75. The van der Waals surface area contributed by atoms with Gasteiger partial charge in [0.2, 0.25) is 0 Å². The van der Waals surface area contributed by atoms with Gasteiger partial charge in [0, 0.05) is 12.5 Å². The molecule has 0 aromatic carbocycles. The van der Waals surface area contributed by atoms with Gasteiger partial charge in [-0.05, 0) is 18.5 Å². The predicted molar refractivity (Wildman–Crippen MR) is 62.0 cm³/mol. The van der Waals surface area contributed by atoms with E-state index in [1.54, 1.807) is 0 Å². The second-order valence-corrected chi connectivity index (χ2v) is 8.02. The fourth-order valence-corrected chi connectivity index (χ4v) is 5.10. The molecule has 1 rings (SSSR count). The summed E-state index contributed by atoms with van der Waals surface area (Å²) in [5.74, 6) is -21.2. The second kappa shape index (κ2) is 6.21. The average molecular weight is 362 g/mol. The fourth-order valence-electron chi connectivity index (χ4n) is 2.23. The van der Waals surface area contributed by atoms with Gasteiger partial charge < -0.3 is 4.43 Å². The molecule has 0 radical (unpaired) electrons. The maximum Gasteiger partial charge on any atom is 0.460 e. The van der Waals surface area contributed by atoms with Crippen LogP contribution in [0.25, 0.3) is 0 Å². The van der Waals surface area contributed by atoms with E-state index in [1.165, 1.54) is 0 Å². The van der Waals surface area contributed by atoms with Crippen LogP contribution in [-0.4, -0.2) is 39.6 Å². The van der Waals surface area contributed by atoms with Crippen LogP contribution >= 0.6 is 0 Å². The van der Waals surface area contributed by atoms with Gasteiger partial charge in [-0.1, -0.05) is 13.3 Å². The Kier molecular flexibility index (Phi) is 5.53. The second-order valence-electron chi connectivity index (χ2n) is 5.39. The summed E-state index contributed by atoms with van der Waals surface area (Å²) in [4.78, 5) is 0. The molecule has 1 aliphatic heterocycles. The molecule has 0 saturated carbocycles. The molecule has 0 aliphatic carbocycles. The van der Waals surface area contributed by atoms with Crippen molar-refractivity contribution in [2.45, 2.75) is 55.8 Å². The molecule has 0 spiro atoms. The van der Waals surface area contributed by atoms with Crippen LogP contribution in [0.1, 0.15) is 19.8 Å². The van der Waals surface area contributed by atoms with Gasteiger partial charge in [-0.15, -0.1) is 0 Å². The summed E-state index contributed by atoms with van der Waals surface area (Å²) in [6.45, 7) is 0.815. The molecule has 11 heteroatoms. The van der Waals surface area contributed by atoms with E-state index in [-0.39, 0.29) is 6.61 Å². The monoisotopic (exact) mass is 362 g/mol. The van der Waals surface area contributed by atoms with Gasteiger partial charge in [-0.25, -0.2) is 0 Å². The molecule has 0 aromatic heterocycles. The van der Waals surface area contributed by atoms with Crippen molar-refractivity contribution in [1.82, 2.24) is 0 Å². The van der Waals surface area contributed by atoms with Crippen molar-refractivity contribution >= 4 is 9.04 Å². The van der Waals surface area contributed by atoms with E-state index in [4.69, 9.17) is 4.43 Å². The van der Waals surface area contributed by atoms with Crippen LogP contribution in [0.2, 0.25) is 12.1 Å². The smallest absolute Gasteiger partial charge is 0.420 e. The Morgan fingerprint density at radius 1 is 0.909 bits per heavy atom. The van der Waals surface area contributed by atoms with Crippen molar-refractivity contribution in [2.24, 2.45) is 5.92 Å². The van der Waals surface area contributed by atoms with E-state index in [0.717, 1.165) is 0 Å². The molecule has 22 heavy (non-hydrogen) atoms. The minimum atomic E-state index is -6.81. The average Bonchev–Trinajstić information content (AvgIpc) is 2.38. The summed E-state index contributed by atoms with van der Waals surface area (Å²) < 4.78 is 120. The third-order valence-electron chi connectivity index (χ3n) is 3.68. The number of halogens is 9. The molecular formula is C11H15F9OSi. The van der Waals surface area contributed by atoms with Crippen molar-refractivity contribution < 1.29 is 43.9 Å².